The quantitative estimate of drug-likeness (QED) is 0.771. The minimum Gasteiger partial charge on any atom is -0.370 e. The minimum atomic E-state index is 0.317. The molecule has 0 bridgehead atoms. The second-order valence-corrected chi connectivity index (χ2v) is 6.29. The molecule has 1 heterocycles. The molecule has 0 aliphatic rings. The molecule has 0 aliphatic heterocycles. The number of hydrogen-bond donors (Lipinski definition) is 2. The molecule has 0 aliphatic carbocycles. The average Bonchev–Trinajstić information content (AvgIpc) is 2.38. The standard InChI is InChI=1S/C16H31N5/c1-8-9-17-15-13(5)16(18-12(4)10-21(6)7)20-14(19-15)11(2)3/h11-12H,8-10H2,1-7H3,(H2,17,18,19,20). The number of rotatable bonds is 8. The normalized spacial score (nSPS) is 12.8. The van der Waals surface area contributed by atoms with Crippen LogP contribution in [0.4, 0.5) is 11.6 Å². The highest BCUT2D eigenvalue weighted by molar-refractivity contribution is 5.57. The third kappa shape index (κ3) is 5.50. The van der Waals surface area contributed by atoms with Crippen LogP contribution in [0.15, 0.2) is 0 Å². The largest absolute Gasteiger partial charge is 0.370 e. The van der Waals surface area contributed by atoms with E-state index in [1.807, 2.05) is 0 Å². The van der Waals surface area contributed by atoms with E-state index < -0.39 is 0 Å². The molecule has 0 amide bonds. The van der Waals surface area contributed by atoms with E-state index in [9.17, 15) is 0 Å². The summed E-state index contributed by atoms with van der Waals surface area (Å²) in [5.74, 6) is 3.10. The first-order valence-electron chi connectivity index (χ1n) is 7.88. The van der Waals surface area contributed by atoms with E-state index >= 15 is 0 Å². The highest BCUT2D eigenvalue weighted by Crippen LogP contribution is 2.23. The van der Waals surface area contributed by atoms with E-state index in [0.29, 0.717) is 12.0 Å². The average molecular weight is 293 g/mol. The van der Waals surface area contributed by atoms with Gasteiger partial charge in [0.1, 0.15) is 17.5 Å². The molecule has 0 radical (unpaired) electrons. The highest BCUT2D eigenvalue weighted by Gasteiger charge is 2.14. The fourth-order valence-corrected chi connectivity index (χ4v) is 2.17. The molecule has 5 heteroatoms. The Balaban J connectivity index is 3.02. The van der Waals surface area contributed by atoms with Crippen LogP contribution >= 0.6 is 0 Å². The van der Waals surface area contributed by atoms with E-state index in [0.717, 1.165) is 42.5 Å². The lowest BCUT2D eigenvalue weighted by atomic mass is 10.2. The van der Waals surface area contributed by atoms with Gasteiger partial charge >= 0.3 is 0 Å². The van der Waals surface area contributed by atoms with Crippen molar-refractivity contribution in [1.29, 1.82) is 0 Å². The van der Waals surface area contributed by atoms with Crippen LogP contribution < -0.4 is 10.6 Å². The fourth-order valence-electron chi connectivity index (χ4n) is 2.17. The lowest BCUT2D eigenvalue weighted by Crippen LogP contribution is -2.30. The Morgan fingerprint density at radius 1 is 1.10 bits per heavy atom. The van der Waals surface area contributed by atoms with Crippen LogP contribution in [0, 0.1) is 6.92 Å². The van der Waals surface area contributed by atoms with Crippen LogP contribution in [0.1, 0.15) is 51.4 Å². The van der Waals surface area contributed by atoms with Crippen LogP contribution in [-0.2, 0) is 0 Å². The van der Waals surface area contributed by atoms with Gasteiger partial charge in [0.15, 0.2) is 0 Å². The second kappa shape index (κ2) is 8.17. The van der Waals surface area contributed by atoms with Gasteiger partial charge < -0.3 is 15.5 Å². The maximum atomic E-state index is 4.71. The molecule has 1 atom stereocenters. The molecule has 21 heavy (non-hydrogen) atoms. The molecule has 1 rings (SSSR count). The van der Waals surface area contributed by atoms with Crippen molar-refractivity contribution < 1.29 is 0 Å². The van der Waals surface area contributed by atoms with Crippen LogP contribution in [0.5, 0.6) is 0 Å². The van der Waals surface area contributed by atoms with Gasteiger partial charge in [0.25, 0.3) is 0 Å². The zero-order valence-corrected chi connectivity index (χ0v) is 14.6. The summed E-state index contributed by atoms with van der Waals surface area (Å²) in [6.45, 7) is 12.6. The molecule has 0 fully saturated rings. The third-order valence-electron chi connectivity index (χ3n) is 3.24. The van der Waals surface area contributed by atoms with Gasteiger partial charge in [-0.3, -0.25) is 0 Å². The molecule has 1 aromatic rings. The monoisotopic (exact) mass is 293 g/mol. The Morgan fingerprint density at radius 3 is 2.24 bits per heavy atom. The molecule has 2 N–H and O–H groups in total. The Kier molecular flexibility index (Phi) is 6.89. The van der Waals surface area contributed by atoms with Gasteiger partial charge in [0, 0.05) is 30.6 Å². The summed E-state index contributed by atoms with van der Waals surface area (Å²) in [4.78, 5) is 11.5. The number of likely N-dealkylation sites (N-methyl/N-ethyl adjacent to an activating group) is 1. The van der Waals surface area contributed by atoms with Crippen LogP contribution in [-0.4, -0.2) is 48.1 Å². The van der Waals surface area contributed by atoms with Crippen molar-refractivity contribution in [3.8, 4) is 0 Å². The summed E-state index contributed by atoms with van der Waals surface area (Å²) >= 11 is 0. The van der Waals surface area contributed by atoms with Crippen molar-refractivity contribution in [3.63, 3.8) is 0 Å². The summed E-state index contributed by atoms with van der Waals surface area (Å²) < 4.78 is 0. The van der Waals surface area contributed by atoms with E-state index in [1.54, 1.807) is 0 Å². The minimum absolute atomic E-state index is 0.317. The highest BCUT2D eigenvalue weighted by atomic mass is 15.1. The molecular formula is C16H31N5. The Morgan fingerprint density at radius 2 is 1.71 bits per heavy atom. The number of anilines is 2. The van der Waals surface area contributed by atoms with E-state index in [4.69, 9.17) is 4.98 Å². The van der Waals surface area contributed by atoms with Gasteiger partial charge in [-0.25, -0.2) is 9.97 Å². The number of nitrogens with one attached hydrogen (secondary N) is 2. The van der Waals surface area contributed by atoms with Gasteiger partial charge in [0.05, 0.1) is 0 Å². The molecule has 0 spiro atoms. The molecule has 0 saturated carbocycles. The molecule has 0 aromatic carbocycles. The Hall–Kier alpha value is -1.36. The maximum absolute atomic E-state index is 4.71. The first kappa shape index (κ1) is 17.7. The van der Waals surface area contributed by atoms with Crippen molar-refractivity contribution in [2.24, 2.45) is 0 Å². The van der Waals surface area contributed by atoms with Crippen LogP contribution in [0.25, 0.3) is 0 Å². The van der Waals surface area contributed by atoms with Gasteiger partial charge in [-0.05, 0) is 34.4 Å². The lowest BCUT2D eigenvalue weighted by Gasteiger charge is -2.22. The molecule has 1 aromatic heterocycles. The van der Waals surface area contributed by atoms with E-state index in [1.165, 1.54) is 0 Å². The van der Waals surface area contributed by atoms with Gasteiger partial charge in [-0.1, -0.05) is 20.8 Å². The van der Waals surface area contributed by atoms with Gasteiger partial charge in [0.2, 0.25) is 0 Å². The summed E-state index contributed by atoms with van der Waals surface area (Å²) in [6.07, 6.45) is 1.08. The maximum Gasteiger partial charge on any atom is 0.135 e. The zero-order valence-electron chi connectivity index (χ0n) is 14.6. The molecule has 1 unspecified atom stereocenters. The van der Waals surface area contributed by atoms with Crippen molar-refractivity contribution >= 4 is 11.6 Å². The van der Waals surface area contributed by atoms with E-state index in [-0.39, 0.29) is 0 Å². The molecule has 0 saturated heterocycles. The number of aromatic nitrogens is 2. The topological polar surface area (TPSA) is 53.1 Å². The smallest absolute Gasteiger partial charge is 0.135 e. The zero-order chi connectivity index (χ0) is 16.0. The summed E-state index contributed by atoms with van der Waals surface area (Å²) in [7, 11) is 4.16. The van der Waals surface area contributed by atoms with Crippen molar-refractivity contribution in [3.05, 3.63) is 11.4 Å². The van der Waals surface area contributed by atoms with Crippen LogP contribution in [0.2, 0.25) is 0 Å². The summed E-state index contributed by atoms with van der Waals surface area (Å²) in [5.41, 5.74) is 1.10. The number of hydrogen-bond acceptors (Lipinski definition) is 5. The van der Waals surface area contributed by atoms with Crippen molar-refractivity contribution in [1.82, 2.24) is 14.9 Å². The van der Waals surface area contributed by atoms with Crippen LogP contribution in [0.3, 0.4) is 0 Å². The van der Waals surface area contributed by atoms with Crippen molar-refractivity contribution in [2.45, 2.75) is 53.0 Å². The van der Waals surface area contributed by atoms with Gasteiger partial charge in [-0.2, -0.15) is 0 Å². The molecular weight excluding hydrogens is 262 g/mol. The predicted molar refractivity (Wildman–Crippen MR) is 91.3 cm³/mol. The van der Waals surface area contributed by atoms with E-state index in [2.05, 4.69) is 69.2 Å². The van der Waals surface area contributed by atoms with Gasteiger partial charge in [-0.15, -0.1) is 0 Å². The number of nitrogens with zero attached hydrogens (tertiary/aromatic N) is 3. The lowest BCUT2D eigenvalue weighted by molar-refractivity contribution is 0.391. The molecule has 120 valence electrons. The second-order valence-electron chi connectivity index (χ2n) is 6.29. The Labute approximate surface area is 129 Å². The predicted octanol–water partition coefficient (Wildman–Crippen LogP) is 3.09. The third-order valence-corrected chi connectivity index (χ3v) is 3.24. The SMILES string of the molecule is CCCNc1nc(C(C)C)nc(NC(C)CN(C)C)c1C. The van der Waals surface area contributed by atoms with Crippen molar-refractivity contribution in [2.75, 3.05) is 37.8 Å². The fraction of sp³-hybridized carbons (Fsp3) is 0.750. The first-order chi connectivity index (χ1) is 9.85. The summed E-state index contributed by atoms with van der Waals surface area (Å²) in [6, 6.07) is 0.340. The molecule has 5 nitrogen and oxygen atoms in total. The first-order valence-corrected chi connectivity index (χ1v) is 7.88. The summed E-state index contributed by atoms with van der Waals surface area (Å²) in [5, 5.41) is 6.93. The Bertz CT molecular complexity index is 443.